The summed E-state index contributed by atoms with van der Waals surface area (Å²) in [5.74, 6) is 5.42. The summed E-state index contributed by atoms with van der Waals surface area (Å²) in [6.07, 6.45) is 3.29. The van der Waals surface area contributed by atoms with Crippen molar-refractivity contribution in [1.29, 1.82) is 0 Å². The molecule has 0 fully saturated rings. The van der Waals surface area contributed by atoms with Gasteiger partial charge in [0.2, 0.25) is 0 Å². The second-order valence-corrected chi connectivity index (χ2v) is 4.20. The van der Waals surface area contributed by atoms with Gasteiger partial charge in [-0.15, -0.1) is 0 Å². The molecule has 0 saturated carbocycles. The van der Waals surface area contributed by atoms with Crippen LogP contribution in [0.2, 0.25) is 0 Å². The molecule has 0 aliphatic heterocycles. The molecule has 0 aliphatic rings. The maximum Gasteiger partial charge on any atom is 0.0951 e. The fraction of sp³-hybridized carbons (Fsp3) is 0.600. The van der Waals surface area contributed by atoms with Gasteiger partial charge in [-0.3, -0.25) is 11.3 Å². The van der Waals surface area contributed by atoms with E-state index in [4.69, 9.17) is 15.0 Å². The molecule has 4 heteroatoms. The summed E-state index contributed by atoms with van der Waals surface area (Å²) >= 11 is 0. The average Bonchev–Trinajstić information content (AvgIpc) is 2.56. The number of ether oxygens (including phenoxy) is 1. The van der Waals surface area contributed by atoms with Crippen LogP contribution < -0.4 is 11.3 Å². The van der Waals surface area contributed by atoms with E-state index in [0.717, 1.165) is 5.56 Å². The van der Waals surface area contributed by atoms with Gasteiger partial charge >= 0.3 is 0 Å². The molecular formula is C10H18N2O2. The Morgan fingerprint density at radius 1 is 1.57 bits per heavy atom. The fourth-order valence-electron chi connectivity index (χ4n) is 1.05. The van der Waals surface area contributed by atoms with Crippen LogP contribution in [0.4, 0.5) is 0 Å². The molecule has 1 atom stereocenters. The van der Waals surface area contributed by atoms with Crippen molar-refractivity contribution >= 4 is 0 Å². The second-order valence-electron chi connectivity index (χ2n) is 4.20. The monoisotopic (exact) mass is 198 g/mol. The van der Waals surface area contributed by atoms with E-state index in [9.17, 15) is 0 Å². The number of hydrogen-bond acceptors (Lipinski definition) is 4. The Morgan fingerprint density at radius 3 is 2.71 bits per heavy atom. The average molecular weight is 198 g/mol. The maximum absolute atomic E-state index is 5.62. The molecule has 1 heterocycles. The molecular weight excluding hydrogens is 180 g/mol. The number of hydrogen-bond donors (Lipinski definition) is 2. The standard InChI is InChI=1S/C10H18N2O2/c1-10(2,3)14-7-9(12-11)8-4-5-13-6-8/h4-6,9,12H,7,11H2,1-3H3. The Kier molecular flexibility index (Phi) is 3.69. The molecule has 80 valence electrons. The van der Waals surface area contributed by atoms with E-state index < -0.39 is 0 Å². The number of nitrogens with two attached hydrogens (primary N) is 1. The molecule has 0 saturated heterocycles. The Hall–Kier alpha value is -0.840. The van der Waals surface area contributed by atoms with Gasteiger partial charge in [-0.25, -0.2) is 0 Å². The molecule has 0 amide bonds. The van der Waals surface area contributed by atoms with Gasteiger partial charge in [0, 0.05) is 5.56 Å². The zero-order valence-electron chi connectivity index (χ0n) is 8.91. The van der Waals surface area contributed by atoms with Crippen molar-refractivity contribution in [3.8, 4) is 0 Å². The summed E-state index contributed by atoms with van der Waals surface area (Å²) < 4.78 is 10.6. The lowest BCUT2D eigenvalue weighted by molar-refractivity contribution is -0.0148. The van der Waals surface area contributed by atoms with Gasteiger partial charge < -0.3 is 9.15 Å². The Labute approximate surface area is 84.4 Å². The highest BCUT2D eigenvalue weighted by Gasteiger charge is 2.16. The van der Waals surface area contributed by atoms with Crippen LogP contribution in [-0.2, 0) is 4.74 Å². The molecule has 3 N–H and O–H groups in total. The molecule has 1 rings (SSSR count). The van der Waals surface area contributed by atoms with Crippen LogP contribution in [-0.4, -0.2) is 12.2 Å². The molecule has 0 radical (unpaired) electrons. The van der Waals surface area contributed by atoms with Crippen LogP contribution in [0.5, 0.6) is 0 Å². The summed E-state index contributed by atoms with van der Waals surface area (Å²) in [5.41, 5.74) is 3.54. The predicted molar refractivity (Wildman–Crippen MR) is 54.5 cm³/mol. The van der Waals surface area contributed by atoms with Crippen LogP contribution in [0, 0.1) is 0 Å². The van der Waals surface area contributed by atoms with Crippen molar-refractivity contribution in [2.24, 2.45) is 5.84 Å². The third-order valence-corrected chi connectivity index (χ3v) is 1.83. The lowest BCUT2D eigenvalue weighted by atomic mass is 10.1. The van der Waals surface area contributed by atoms with Crippen molar-refractivity contribution in [3.63, 3.8) is 0 Å². The smallest absolute Gasteiger partial charge is 0.0951 e. The first-order valence-electron chi connectivity index (χ1n) is 4.65. The third kappa shape index (κ3) is 3.49. The largest absolute Gasteiger partial charge is 0.472 e. The molecule has 0 bridgehead atoms. The molecule has 1 aromatic heterocycles. The highest BCUT2D eigenvalue weighted by molar-refractivity contribution is 5.11. The zero-order valence-corrected chi connectivity index (χ0v) is 8.91. The SMILES string of the molecule is CC(C)(C)OCC(NN)c1ccoc1. The molecule has 1 aromatic rings. The quantitative estimate of drug-likeness (QED) is 0.570. The van der Waals surface area contributed by atoms with Crippen molar-refractivity contribution in [3.05, 3.63) is 24.2 Å². The maximum atomic E-state index is 5.62. The minimum absolute atomic E-state index is 0.0204. The summed E-state index contributed by atoms with van der Waals surface area (Å²) in [4.78, 5) is 0. The summed E-state index contributed by atoms with van der Waals surface area (Å²) in [6.45, 7) is 6.56. The van der Waals surface area contributed by atoms with Gasteiger partial charge in [0.15, 0.2) is 0 Å². The lowest BCUT2D eigenvalue weighted by Gasteiger charge is -2.23. The summed E-state index contributed by atoms with van der Waals surface area (Å²) in [6, 6.07) is 1.85. The highest BCUT2D eigenvalue weighted by atomic mass is 16.5. The number of rotatable bonds is 4. The van der Waals surface area contributed by atoms with Gasteiger partial charge in [0.1, 0.15) is 0 Å². The second kappa shape index (κ2) is 4.59. The topological polar surface area (TPSA) is 60.4 Å². The summed E-state index contributed by atoms with van der Waals surface area (Å²) in [7, 11) is 0. The van der Waals surface area contributed by atoms with Crippen LogP contribution in [0.1, 0.15) is 32.4 Å². The van der Waals surface area contributed by atoms with E-state index in [-0.39, 0.29) is 11.6 Å². The summed E-state index contributed by atoms with van der Waals surface area (Å²) in [5, 5.41) is 0. The van der Waals surface area contributed by atoms with Crippen molar-refractivity contribution in [2.45, 2.75) is 32.4 Å². The first-order chi connectivity index (χ1) is 6.53. The Balaban J connectivity index is 2.49. The molecule has 1 unspecified atom stereocenters. The van der Waals surface area contributed by atoms with E-state index in [1.165, 1.54) is 0 Å². The van der Waals surface area contributed by atoms with E-state index in [0.29, 0.717) is 6.61 Å². The van der Waals surface area contributed by atoms with Gasteiger partial charge in [-0.05, 0) is 26.8 Å². The van der Waals surface area contributed by atoms with Crippen molar-refractivity contribution in [1.82, 2.24) is 5.43 Å². The van der Waals surface area contributed by atoms with Gasteiger partial charge in [-0.1, -0.05) is 0 Å². The minimum Gasteiger partial charge on any atom is -0.472 e. The third-order valence-electron chi connectivity index (χ3n) is 1.83. The van der Waals surface area contributed by atoms with E-state index in [2.05, 4.69) is 5.43 Å². The first-order valence-corrected chi connectivity index (χ1v) is 4.65. The highest BCUT2D eigenvalue weighted by Crippen LogP contribution is 2.16. The molecule has 4 nitrogen and oxygen atoms in total. The normalized spacial score (nSPS) is 14.3. The fourth-order valence-corrected chi connectivity index (χ4v) is 1.05. The van der Waals surface area contributed by atoms with E-state index in [1.54, 1.807) is 12.5 Å². The number of nitrogens with one attached hydrogen (secondary N) is 1. The zero-order chi connectivity index (χ0) is 10.6. The van der Waals surface area contributed by atoms with Gasteiger partial charge in [-0.2, -0.15) is 0 Å². The number of furan rings is 1. The van der Waals surface area contributed by atoms with Crippen molar-refractivity contribution < 1.29 is 9.15 Å². The molecule has 0 spiro atoms. The Bertz CT molecular complexity index is 252. The number of hydrazine groups is 1. The minimum atomic E-state index is -0.154. The van der Waals surface area contributed by atoms with Crippen LogP contribution in [0.25, 0.3) is 0 Å². The van der Waals surface area contributed by atoms with Crippen LogP contribution in [0.3, 0.4) is 0 Å². The molecule has 14 heavy (non-hydrogen) atoms. The van der Waals surface area contributed by atoms with Crippen LogP contribution in [0.15, 0.2) is 23.0 Å². The molecule has 0 aliphatic carbocycles. The molecule has 0 aromatic carbocycles. The Morgan fingerprint density at radius 2 is 2.29 bits per heavy atom. The van der Waals surface area contributed by atoms with Crippen molar-refractivity contribution in [2.75, 3.05) is 6.61 Å². The predicted octanol–water partition coefficient (Wildman–Crippen LogP) is 1.60. The first kappa shape index (κ1) is 11.2. The van der Waals surface area contributed by atoms with Crippen LogP contribution >= 0.6 is 0 Å². The van der Waals surface area contributed by atoms with E-state index in [1.807, 2.05) is 26.8 Å². The van der Waals surface area contributed by atoms with Gasteiger partial charge in [0.25, 0.3) is 0 Å². The van der Waals surface area contributed by atoms with E-state index >= 15 is 0 Å². The van der Waals surface area contributed by atoms with Gasteiger partial charge in [0.05, 0.1) is 30.8 Å². The lowest BCUT2D eigenvalue weighted by Crippen LogP contribution is -2.34.